The van der Waals surface area contributed by atoms with E-state index in [2.05, 4.69) is 0 Å². The van der Waals surface area contributed by atoms with Gasteiger partial charge in [-0.15, -0.1) is 0 Å². The second kappa shape index (κ2) is 6.19. The van der Waals surface area contributed by atoms with Gasteiger partial charge < -0.3 is 9.64 Å². The molecule has 1 aliphatic rings. The van der Waals surface area contributed by atoms with Crippen LogP contribution in [0.4, 0.5) is 5.69 Å². The lowest BCUT2D eigenvalue weighted by atomic mass is 10.2. The highest BCUT2D eigenvalue weighted by Gasteiger charge is 2.29. The molecule has 0 aromatic heterocycles. The van der Waals surface area contributed by atoms with E-state index in [-0.39, 0.29) is 5.91 Å². The van der Waals surface area contributed by atoms with Gasteiger partial charge in [-0.25, -0.2) is 0 Å². The van der Waals surface area contributed by atoms with Gasteiger partial charge in [-0.05, 0) is 37.1 Å². The molecule has 0 bridgehead atoms. The van der Waals surface area contributed by atoms with Crippen molar-refractivity contribution < 1.29 is 9.53 Å². The van der Waals surface area contributed by atoms with Crippen LogP contribution >= 0.6 is 23.2 Å². The Morgan fingerprint density at radius 3 is 2.77 bits per heavy atom. The molecule has 0 saturated heterocycles. The van der Waals surface area contributed by atoms with Gasteiger partial charge in [-0.2, -0.15) is 0 Å². The molecule has 2 aromatic carbocycles. The summed E-state index contributed by atoms with van der Waals surface area (Å²) in [5.41, 5.74) is 2.14. The Bertz CT molecular complexity index is 718. The number of carbonyl (C=O) groups is 1. The first-order valence-corrected chi connectivity index (χ1v) is 7.83. The Morgan fingerprint density at radius 2 is 1.95 bits per heavy atom. The maximum Gasteiger partial charge on any atom is 0.267 e. The summed E-state index contributed by atoms with van der Waals surface area (Å²) in [7, 11) is 0. The summed E-state index contributed by atoms with van der Waals surface area (Å²) in [4.78, 5) is 14.4. The SMILES string of the molecule is C[C@@H](Oc1cccc(Cl)c1Cl)C(=O)N1CCc2ccccc21. The van der Waals surface area contributed by atoms with Crippen molar-refractivity contribution in [1.82, 2.24) is 0 Å². The molecule has 0 spiro atoms. The average molecular weight is 336 g/mol. The number of halogens is 2. The smallest absolute Gasteiger partial charge is 0.267 e. The number of fused-ring (bicyclic) bond motifs is 1. The zero-order valence-electron chi connectivity index (χ0n) is 12.1. The normalized spacial score (nSPS) is 14.6. The van der Waals surface area contributed by atoms with Gasteiger partial charge in [0.15, 0.2) is 6.10 Å². The molecule has 0 fully saturated rings. The van der Waals surface area contributed by atoms with Crippen LogP contribution in [0.15, 0.2) is 42.5 Å². The number of ether oxygens (including phenoxy) is 1. The van der Waals surface area contributed by atoms with E-state index in [1.54, 1.807) is 30.0 Å². The molecule has 1 atom stereocenters. The van der Waals surface area contributed by atoms with Crippen LogP contribution in [-0.4, -0.2) is 18.6 Å². The van der Waals surface area contributed by atoms with Crippen LogP contribution in [0.5, 0.6) is 5.75 Å². The van der Waals surface area contributed by atoms with E-state index in [0.29, 0.717) is 22.3 Å². The maximum atomic E-state index is 12.6. The molecule has 114 valence electrons. The Hall–Kier alpha value is -1.71. The lowest BCUT2D eigenvalue weighted by Gasteiger charge is -2.22. The van der Waals surface area contributed by atoms with E-state index >= 15 is 0 Å². The highest BCUT2D eigenvalue weighted by molar-refractivity contribution is 6.42. The molecular weight excluding hydrogens is 321 g/mol. The first-order chi connectivity index (χ1) is 10.6. The molecule has 0 radical (unpaired) electrons. The van der Waals surface area contributed by atoms with Gasteiger partial charge >= 0.3 is 0 Å². The minimum atomic E-state index is -0.637. The topological polar surface area (TPSA) is 29.5 Å². The van der Waals surface area contributed by atoms with Crippen molar-refractivity contribution >= 4 is 34.8 Å². The van der Waals surface area contributed by atoms with Crippen LogP contribution in [0.1, 0.15) is 12.5 Å². The largest absolute Gasteiger partial charge is 0.479 e. The number of hydrogen-bond acceptors (Lipinski definition) is 2. The first-order valence-electron chi connectivity index (χ1n) is 7.08. The average Bonchev–Trinajstić information content (AvgIpc) is 2.95. The van der Waals surface area contributed by atoms with Crippen LogP contribution in [0, 0.1) is 0 Å². The van der Waals surface area contributed by atoms with Crippen LogP contribution in [0.25, 0.3) is 0 Å². The number of hydrogen-bond donors (Lipinski definition) is 0. The van der Waals surface area contributed by atoms with E-state index in [0.717, 1.165) is 12.1 Å². The molecule has 1 heterocycles. The van der Waals surface area contributed by atoms with Gasteiger partial charge in [-0.3, -0.25) is 4.79 Å². The summed E-state index contributed by atoms with van der Waals surface area (Å²) in [6.45, 7) is 2.40. The van der Waals surface area contributed by atoms with Crippen molar-refractivity contribution in [3.05, 3.63) is 58.1 Å². The maximum absolute atomic E-state index is 12.6. The molecule has 0 unspecified atom stereocenters. The number of nitrogens with zero attached hydrogens (tertiary/aromatic N) is 1. The molecular formula is C17H15Cl2NO2. The van der Waals surface area contributed by atoms with Gasteiger partial charge in [0.2, 0.25) is 0 Å². The minimum Gasteiger partial charge on any atom is -0.479 e. The standard InChI is InChI=1S/C17H15Cl2NO2/c1-11(22-15-8-4-6-13(18)16(15)19)17(21)20-10-9-12-5-2-3-7-14(12)20/h2-8,11H,9-10H2,1H3/t11-/m1/s1. The summed E-state index contributed by atoms with van der Waals surface area (Å²) in [5, 5.41) is 0.732. The molecule has 5 heteroatoms. The number of amides is 1. The van der Waals surface area contributed by atoms with Crippen molar-refractivity contribution in [1.29, 1.82) is 0 Å². The molecule has 0 aliphatic carbocycles. The Kier molecular flexibility index (Phi) is 4.27. The molecule has 3 nitrogen and oxygen atoms in total. The van der Waals surface area contributed by atoms with E-state index in [1.165, 1.54) is 5.56 Å². The quantitative estimate of drug-likeness (QED) is 0.834. The Labute approximate surface area is 139 Å². The fraction of sp³-hybridized carbons (Fsp3) is 0.235. The predicted octanol–water partition coefficient (Wildman–Crippen LogP) is 4.35. The van der Waals surface area contributed by atoms with Gasteiger partial charge in [0.05, 0.1) is 5.02 Å². The van der Waals surface area contributed by atoms with Crippen LogP contribution < -0.4 is 9.64 Å². The molecule has 0 N–H and O–H groups in total. The van der Waals surface area contributed by atoms with Crippen molar-refractivity contribution in [3.63, 3.8) is 0 Å². The Balaban J connectivity index is 1.77. The monoisotopic (exact) mass is 335 g/mol. The second-order valence-electron chi connectivity index (χ2n) is 5.18. The third-order valence-electron chi connectivity index (χ3n) is 3.72. The fourth-order valence-corrected chi connectivity index (χ4v) is 2.94. The molecule has 0 saturated carbocycles. The molecule has 3 rings (SSSR count). The zero-order valence-corrected chi connectivity index (χ0v) is 13.6. The number of benzene rings is 2. The van der Waals surface area contributed by atoms with Crippen molar-refractivity contribution in [2.24, 2.45) is 0 Å². The summed E-state index contributed by atoms with van der Waals surface area (Å²) in [5.74, 6) is 0.337. The summed E-state index contributed by atoms with van der Waals surface area (Å²) in [6.07, 6.45) is 0.231. The number of para-hydroxylation sites is 1. The van der Waals surface area contributed by atoms with E-state index in [9.17, 15) is 4.79 Å². The summed E-state index contributed by atoms with van der Waals surface area (Å²) >= 11 is 12.1. The summed E-state index contributed by atoms with van der Waals surface area (Å²) < 4.78 is 5.71. The van der Waals surface area contributed by atoms with Crippen LogP contribution in [-0.2, 0) is 11.2 Å². The number of carbonyl (C=O) groups excluding carboxylic acids is 1. The van der Waals surface area contributed by atoms with Crippen LogP contribution in [0.3, 0.4) is 0 Å². The van der Waals surface area contributed by atoms with E-state index < -0.39 is 6.10 Å². The number of rotatable bonds is 3. The predicted molar refractivity (Wildman–Crippen MR) is 89.1 cm³/mol. The second-order valence-corrected chi connectivity index (χ2v) is 5.97. The van der Waals surface area contributed by atoms with E-state index in [1.807, 2.05) is 24.3 Å². The number of anilines is 1. The lowest BCUT2D eigenvalue weighted by Crippen LogP contribution is -2.39. The molecule has 2 aromatic rings. The summed E-state index contributed by atoms with van der Waals surface area (Å²) in [6, 6.07) is 13.0. The Morgan fingerprint density at radius 1 is 1.18 bits per heavy atom. The van der Waals surface area contributed by atoms with E-state index in [4.69, 9.17) is 27.9 Å². The zero-order chi connectivity index (χ0) is 15.7. The highest BCUT2D eigenvalue weighted by Crippen LogP contribution is 2.33. The van der Waals surface area contributed by atoms with Crippen molar-refractivity contribution in [3.8, 4) is 5.75 Å². The third kappa shape index (κ3) is 2.79. The molecule has 1 amide bonds. The highest BCUT2D eigenvalue weighted by atomic mass is 35.5. The molecule has 1 aliphatic heterocycles. The minimum absolute atomic E-state index is 0.0824. The van der Waals surface area contributed by atoms with Gasteiger partial charge in [0.25, 0.3) is 5.91 Å². The van der Waals surface area contributed by atoms with Gasteiger partial charge in [0, 0.05) is 12.2 Å². The fourth-order valence-electron chi connectivity index (χ4n) is 2.60. The van der Waals surface area contributed by atoms with Gasteiger partial charge in [0.1, 0.15) is 10.8 Å². The van der Waals surface area contributed by atoms with Crippen molar-refractivity contribution in [2.45, 2.75) is 19.4 Å². The van der Waals surface area contributed by atoms with Gasteiger partial charge in [-0.1, -0.05) is 47.5 Å². The van der Waals surface area contributed by atoms with Crippen LogP contribution in [0.2, 0.25) is 10.0 Å². The first kappa shape index (κ1) is 15.2. The van der Waals surface area contributed by atoms with Crippen molar-refractivity contribution in [2.75, 3.05) is 11.4 Å². The third-order valence-corrected chi connectivity index (χ3v) is 4.52. The molecule has 22 heavy (non-hydrogen) atoms. The lowest BCUT2D eigenvalue weighted by molar-refractivity contribution is -0.124.